The van der Waals surface area contributed by atoms with Crippen molar-refractivity contribution in [1.29, 1.82) is 0 Å². The van der Waals surface area contributed by atoms with Gasteiger partial charge in [-0.25, -0.2) is 0 Å². The Morgan fingerprint density at radius 2 is 2.07 bits per heavy atom. The third-order valence-electron chi connectivity index (χ3n) is 1.36. The van der Waals surface area contributed by atoms with Gasteiger partial charge in [0.1, 0.15) is 0 Å². The minimum Gasteiger partial charge on any atom is -0.276 e. The van der Waals surface area contributed by atoms with Crippen LogP contribution in [0.25, 0.3) is 6.08 Å². The van der Waals surface area contributed by atoms with Gasteiger partial charge in [-0.05, 0) is 35.2 Å². The van der Waals surface area contributed by atoms with E-state index < -0.39 is 5.24 Å². The lowest BCUT2D eigenvalue weighted by atomic mass is 10.4. The minimum atomic E-state index is -0.461. The molecule has 1 heterocycles. The Balaban J connectivity index is 2.37. The maximum Gasteiger partial charge on any atom is 0.245 e. The molecule has 0 aliphatic heterocycles. The van der Waals surface area contributed by atoms with Gasteiger partial charge in [-0.15, -0.1) is 11.3 Å². The fourth-order valence-electron chi connectivity index (χ4n) is 0.796. The first-order valence-corrected chi connectivity index (χ1v) is 5.29. The van der Waals surface area contributed by atoms with Crippen molar-refractivity contribution < 1.29 is 4.79 Å². The molecule has 0 saturated carbocycles. The van der Waals surface area contributed by atoms with Gasteiger partial charge in [0.15, 0.2) is 0 Å². The molecule has 0 aliphatic carbocycles. The highest BCUT2D eigenvalue weighted by Gasteiger charge is 1.82. The largest absolute Gasteiger partial charge is 0.276 e. The Kier molecular flexibility index (Phi) is 4.97. The van der Waals surface area contributed by atoms with Gasteiger partial charge in [0.25, 0.3) is 0 Å². The molecule has 0 bridgehead atoms. The van der Waals surface area contributed by atoms with E-state index in [9.17, 15) is 4.79 Å². The van der Waals surface area contributed by atoms with E-state index in [4.69, 9.17) is 11.6 Å². The molecule has 1 aromatic rings. The molecule has 72 valence electrons. The molecule has 0 unspecified atom stereocenters. The quantitative estimate of drug-likeness (QED) is 0.434. The Labute approximate surface area is 92.0 Å². The molecular formula is C11H9ClOS. The van der Waals surface area contributed by atoms with E-state index in [1.807, 2.05) is 35.7 Å². The second-order valence-electron chi connectivity index (χ2n) is 2.42. The lowest BCUT2D eigenvalue weighted by Crippen LogP contribution is -1.71. The standard InChI is InChI=1S/C11H9ClOS/c12-11(13)8-4-2-1-3-6-10-7-5-9-14-10/h1-9H/b2-1+,6-3+,8-4+. The fourth-order valence-corrected chi connectivity index (χ4v) is 1.50. The Hall–Kier alpha value is -1.12. The van der Waals surface area contributed by atoms with Gasteiger partial charge in [-0.3, -0.25) is 4.79 Å². The highest BCUT2D eigenvalue weighted by molar-refractivity contribution is 7.10. The second-order valence-corrected chi connectivity index (χ2v) is 3.77. The highest BCUT2D eigenvalue weighted by atomic mass is 35.5. The average Bonchev–Trinajstić information content (AvgIpc) is 2.63. The van der Waals surface area contributed by atoms with Crippen LogP contribution in [0.5, 0.6) is 0 Å². The zero-order chi connectivity index (χ0) is 10.2. The van der Waals surface area contributed by atoms with E-state index >= 15 is 0 Å². The van der Waals surface area contributed by atoms with Crippen LogP contribution in [0.2, 0.25) is 0 Å². The number of hydrogen-bond donors (Lipinski definition) is 0. The molecule has 0 fully saturated rings. The molecule has 14 heavy (non-hydrogen) atoms. The van der Waals surface area contributed by atoms with Gasteiger partial charge in [0, 0.05) is 4.88 Å². The molecule has 0 aromatic carbocycles. The van der Waals surface area contributed by atoms with Gasteiger partial charge in [-0.1, -0.05) is 30.4 Å². The molecule has 0 aliphatic rings. The zero-order valence-electron chi connectivity index (χ0n) is 7.39. The summed E-state index contributed by atoms with van der Waals surface area (Å²) >= 11 is 6.77. The average molecular weight is 225 g/mol. The highest BCUT2D eigenvalue weighted by Crippen LogP contribution is 2.09. The smallest absolute Gasteiger partial charge is 0.245 e. The molecular weight excluding hydrogens is 216 g/mol. The summed E-state index contributed by atoms with van der Waals surface area (Å²) in [6.45, 7) is 0. The molecule has 0 saturated heterocycles. The van der Waals surface area contributed by atoms with Crippen LogP contribution < -0.4 is 0 Å². The normalized spacial score (nSPS) is 12.1. The third kappa shape index (κ3) is 4.80. The van der Waals surface area contributed by atoms with Crippen molar-refractivity contribution in [2.75, 3.05) is 0 Å². The van der Waals surface area contributed by atoms with E-state index in [0.29, 0.717) is 0 Å². The van der Waals surface area contributed by atoms with Crippen LogP contribution in [0.15, 0.2) is 47.9 Å². The fraction of sp³-hybridized carbons (Fsp3) is 0. The van der Waals surface area contributed by atoms with Crippen LogP contribution in [0.3, 0.4) is 0 Å². The number of rotatable bonds is 4. The Morgan fingerprint density at radius 3 is 2.71 bits per heavy atom. The summed E-state index contributed by atoms with van der Waals surface area (Å²) in [5, 5.41) is 1.56. The van der Waals surface area contributed by atoms with Crippen molar-refractivity contribution in [2.24, 2.45) is 0 Å². The molecule has 1 nitrogen and oxygen atoms in total. The number of carbonyl (C=O) groups excluding carboxylic acids is 1. The van der Waals surface area contributed by atoms with Gasteiger partial charge < -0.3 is 0 Å². The summed E-state index contributed by atoms with van der Waals surface area (Å²) in [7, 11) is 0. The van der Waals surface area contributed by atoms with E-state index in [2.05, 4.69) is 0 Å². The van der Waals surface area contributed by atoms with Crippen LogP contribution >= 0.6 is 22.9 Å². The maximum atomic E-state index is 10.3. The Bertz CT molecular complexity index is 361. The Morgan fingerprint density at radius 1 is 1.29 bits per heavy atom. The lowest BCUT2D eigenvalue weighted by molar-refractivity contribution is -0.107. The van der Waals surface area contributed by atoms with Crippen LogP contribution in [0, 0.1) is 0 Å². The third-order valence-corrected chi connectivity index (χ3v) is 2.33. The number of thiophene rings is 1. The van der Waals surface area contributed by atoms with Gasteiger partial charge >= 0.3 is 0 Å². The molecule has 1 rings (SSSR count). The van der Waals surface area contributed by atoms with E-state index in [1.165, 1.54) is 11.0 Å². The van der Waals surface area contributed by atoms with Crippen molar-refractivity contribution in [3.05, 3.63) is 52.8 Å². The van der Waals surface area contributed by atoms with E-state index in [0.717, 1.165) is 0 Å². The van der Waals surface area contributed by atoms with Gasteiger partial charge in [-0.2, -0.15) is 0 Å². The molecule has 3 heteroatoms. The summed E-state index contributed by atoms with van der Waals surface area (Å²) in [6, 6.07) is 4.03. The molecule has 0 spiro atoms. The molecule has 0 atom stereocenters. The van der Waals surface area contributed by atoms with Crippen LogP contribution in [0.1, 0.15) is 4.88 Å². The van der Waals surface area contributed by atoms with Gasteiger partial charge in [0.2, 0.25) is 5.24 Å². The first-order chi connectivity index (χ1) is 6.79. The number of allylic oxidation sites excluding steroid dienone is 5. The van der Waals surface area contributed by atoms with Crippen molar-refractivity contribution in [2.45, 2.75) is 0 Å². The van der Waals surface area contributed by atoms with Gasteiger partial charge in [0.05, 0.1) is 0 Å². The summed E-state index contributed by atoms with van der Waals surface area (Å²) in [4.78, 5) is 11.5. The first-order valence-electron chi connectivity index (χ1n) is 4.03. The summed E-state index contributed by atoms with van der Waals surface area (Å²) in [5.41, 5.74) is 0. The first kappa shape index (κ1) is 11.0. The van der Waals surface area contributed by atoms with Crippen LogP contribution in [-0.4, -0.2) is 5.24 Å². The topological polar surface area (TPSA) is 17.1 Å². The monoisotopic (exact) mass is 224 g/mol. The lowest BCUT2D eigenvalue weighted by Gasteiger charge is -1.78. The van der Waals surface area contributed by atoms with E-state index in [-0.39, 0.29) is 0 Å². The van der Waals surface area contributed by atoms with Crippen molar-refractivity contribution in [1.82, 2.24) is 0 Å². The number of carbonyl (C=O) groups is 1. The molecule has 0 N–H and O–H groups in total. The minimum absolute atomic E-state index is 0.461. The number of hydrogen-bond acceptors (Lipinski definition) is 2. The molecule has 0 radical (unpaired) electrons. The molecule has 0 amide bonds. The van der Waals surface area contributed by atoms with Crippen molar-refractivity contribution in [3.63, 3.8) is 0 Å². The van der Waals surface area contributed by atoms with Crippen LogP contribution in [0.4, 0.5) is 0 Å². The predicted molar refractivity (Wildman–Crippen MR) is 62.5 cm³/mol. The van der Waals surface area contributed by atoms with E-state index in [1.54, 1.807) is 23.5 Å². The predicted octanol–water partition coefficient (Wildman–Crippen LogP) is 3.64. The van der Waals surface area contributed by atoms with Crippen molar-refractivity contribution in [3.8, 4) is 0 Å². The van der Waals surface area contributed by atoms with Crippen LogP contribution in [-0.2, 0) is 4.79 Å². The zero-order valence-corrected chi connectivity index (χ0v) is 8.96. The molecule has 1 aromatic heterocycles. The van der Waals surface area contributed by atoms with Crippen molar-refractivity contribution >= 4 is 34.3 Å². The summed E-state index contributed by atoms with van der Waals surface area (Å²) in [5.74, 6) is 0. The second kappa shape index (κ2) is 6.35. The summed E-state index contributed by atoms with van der Waals surface area (Å²) in [6.07, 6.45) is 10.4. The maximum absolute atomic E-state index is 10.3. The summed E-state index contributed by atoms with van der Waals surface area (Å²) < 4.78 is 0. The SMILES string of the molecule is O=C(Cl)/C=C/C=C/C=C/c1cccs1. The number of halogens is 1.